The van der Waals surface area contributed by atoms with Gasteiger partial charge in [-0.25, -0.2) is 5.84 Å². The summed E-state index contributed by atoms with van der Waals surface area (Å²) in [7, 11) is 0. The predicted octanol–water partition coefficient (Wildman–Crippen LogP) is 0.739. The van der Waals surface area contributed by atoms with E-state index < -0.39 is 11.9 Å². The molecule has 1 aromatic rings. The van der Waals surface area contributed by atoms with Gasteiger partial charge in [0.05, 0.1) is 0 Å². The van der Waals surface area contributed by atoms with Gasteiger partial charge in [-0.2, -0.15) is 0 Å². The number of carbonyl (C=O) groups is 2. The third-order valence-electron chi connectivity index (χ3n) is 2.77. The van der Waals surface area contributed by atoms with Crippen molar-refractivity contribution in [3.8, 4) is 0 Å². The first-order valence-corrected chi connectivity index (χ1v) is 5.84. The lowest BCUT2D eigenvalue weighted by Gasteiger charge is -2.20. The molecule has 1 rings (SSSR count). The molecule has 0 unspecified atom stereocenters. The summed E-state index contributed by atoms with van der Waals surface area (Å²) in [6.45, 7) is 5.54. The van der Waals surface area contributed by atoms with Crippen molar-refractivity contribution in [3.05, 3.63) is 35.4 Å². The van der Waals surface area contributed by atoms with Crippen molar-refractivity contribution < 1.29 is 9.59 Å². The molecule has 0 saturated heterocycles. The summed E-state index contributed by atoms with van der Waals surface area (Å²) in [6.07, 6.45) is 0. The largest absolute Gasteiger partial charge is 0.340 e. The highest BCUT2D eigenvalue weighted by Crippen LogP contribution is 2.09. The van der Waals surface area contributed by atoms with Gasteiger partial charge in [0.25, 0.3) is 11.8 Å². The van der Waals surface area contributed by atoms with Gasteiger partial charge in [-0.15, -0.1) is 0 Å². The highest BCUT2D eigenvalue weighted by Gasteiger charge is 2.24. The fourth-order valence-electron chi connectivity index (χ4n) is 1.67. The molecule has 4 N–H and O–H groups in total. The van der Waals surface area contributed by atoms with Crippen molar-refractivity contribution in [2.24, 2.45) is 11.8 Å². The van der Waals surface area contributed by atoms with Crippen molar-refractivity contribution in [1.29, 1.82) is 0 Å². The topological polar surface area (TPSA) is 84.2 Å². The van der Waals surface area contributed by atoms with E-state index in [-0.39, 0.29) is 11.8 Å². The van der Waals surface area contributed by atoms with Crippen molar-refractivity contribution in [2.45, 2.75) is 26.8 Å². The van der Waals surface area contributed by atoms with Crippen LogP contribution in [0.4, 0.5) is 0 Å². The third kappa shape index (κ3) is 3.30. The van der Waals surface area contributed by atoms with Crippen LogP contribution in [0.15, 0.2) is 24.3 Å². The predicted molar refractivity (Wildman–Crippen MR) is 69.6 cm³/mol. The Bertz CT molecular complexity index is 444. The summed E-state index contributed by atoms with van der Waals surface area (Å²) in [5, 5.41) is 2.69. The Morgan fingerprint density at radius 1 is 1.22 bits per heavy atom. The SMILES string of the molecule is Cc1ccccc1C(=O)N[C@@H](C(=O)NN)C(C)C. The van der Waals surface area contributed by atoms with Gasteiger partial charge < -0.3 is 5.32 Å². The Balaban J connectivity index is 2.86. The smallest absolute Gasteiger partial charge is 0.256 e. The zero-order chi connectivity index (χ0) is 13.7. The summed E-state index contributed by atoms with van der Waals surface area (Å²) in [6, 6.07) is 6.58. The van der Waals surface area contributed by atoms with Crippen LogP contribution in [0.2, 0.25) is 0 Å². The summed E-state index contributed by atoms with van der Waals surface area (Å²) in [5.41, 5.74) is 3.49. The second-order valence-corrected chi connectivity index (χ2v) is 4.52. The van der Waals surface area contributed by atoms with Crippen LogP contribution in [-0.4, -0.2) is 17.9 Å². The Morgan fingerprint density at radius 2 is 1.83 bits per heavy atom. The molecule has 0 saturated carbocycles. The summed E-state index contributed by atoms with van der Waals surface area (Å²) in [4.78, 5) is 23.6. The van der Waals surface area contributed by atoms with Crippen LogP contribution >= 0.6 is 0 Å². The van der Waals surface area contributed by atoms with E-state index in [0.29, 0.717) is 5.56 Å². The molecule has 0 aromatic heterocycles. The highest BCUT2D eigenvalue weighted by molar-refractivity contribution is 5.98. The molecule has 98 valence electrons. The first-order valence-electron chi connectivity index (χ1n) is 5.84. The first-order chi connectivity index (χ1) is 8.47. The molecule has 1 atom stereocenters. The van der Waals surface area contributed by atoms with Gasteiger partial charge in [0.2, 0.25) is 0 Å². The van der Waals surface area contributed by atoms with Crippen LogP contribution < -0.4 is 16.6 Å². The monoisotopic (exact) mass is 249 g/mol. The first kappa shape index (κ1) is 14.2. The van der Waals surface area contributed by atoms with Crippen molar-refractivity contribution in [1.82, 2.24) is 10.7 Å². The highest BCUT2D eigenvalue weighted by atomic mass is 16.2. The Hall–Kier alpha value is -1.88. The number of carbonyl (C=O) groups excluding carboxylic acids is 2. The maximum atomic E-state index is 12.1. The molecule has 0 aliphatic carbocycles. The number of hydrogen-bond donors (Lipinski definition) is 3. The summed E-state index contributed by atoms with van der Waals surface area (Å²) >= 11 is 0. The zero-order valence-corrected chi connectivity index (χ0v) is 10.9. The lowest BCUT2D eigenvalue weighted by atomic mass is 10.0. The Labute approximate surface area is 107 Å². The van der Waals surface area contributed by atoms with E-state index in [1.807, 2.05) is 32.9 Å². The zero-order valence-electron chi connectivity index (χ0n) is 10.9. The summed E-state index contributed by atoms with van der Waals surface area (Å²) < 4.78 is 0. The maximum absolute atomic E-state index is 12.1. The molecule has 0 aliphatic heterocycles. The van der Waals surface area contributed by atoms with E-state index in [2.05, 4.69) is 10.7 Å². The molecule has 18 heavy (non-hydrogen) atoms. The number of hydrazine groups is 1. The summed E-state index contributed by atoms with van der Waals surface area (Å²) in [5.74, 6) is 4.40. The molecule has 2 amide bonds. The average molecular weight is 249 g/mol. The molecule has 0 heterocycles. The van der Waals surface area contributed by atoms with Gasteiger partial charge in [0, 0.05) is 5.56 Å². The lowest BCUT2D eigenvalue weighted by molar-refractivity contribution is -0.124. The number of nitrogens with one attached hydrogen (secondary N) is 2. The molecular weight excluding hydrogens is 230 g/mol. The average Bonchev–Trinajstić information content (AvgIpc) is 2.35. The molecule has 5 nitrogen and oxygen atoms in total. The molecule has 0 radical (unpaired) electrons. The minimum Gasteiger partial charge on any atom is -0.340 e. The molecule has 0 fully saturated rings. The van der Waals surface area contributed by atoms with Crippen molar-refractivity contribution in [3.63, 3.8) is 0 Å². The van der Waals surface area contributed by atoms with E-state index >= 15 is 0 Å². The van der Waals surface area contributed by atoms with E-state index in [1.165, 1.54) is 0 Å². The van der Waals surface area contributed by atoms with Gasteiger partial charge in [0.1, 0.15) is 6.04 Å². The van der Waals surface area contributed by atoms with Crippen molar-refractivity contribution >= 4 is 11.8 Å². The number of rotatable bonds is 4. The second-order valence-electron chi connectivity index (χ2n) is 4.52. The van der Waals surface area contributed by atoms with Crippen LogP contribution in [0.3, 0.4) is 0 Å². The molecule has 0 aliphatic rings. The maximum Gasteiger partial charge on any atom is 0.256 e. The Morgan fingerprint density at radius 3 is 2.33 bits per heavy atom. The molecule has 0 bridgehead atoms. The van der Waals surface area contributed by atoms with Gasteiger partial charge in [-0.1, -0.05) is 32.0 Å². The fraction of sp³-hybridized carbons (Fsp3) is 0.385. The van der Waals surface area contributed by atoms with Crippen LogP contribution in [0, 0.1) is 12.8 Å². The number of hydrogen-bond acceptors (Lipinski definition) is 3. The normalized spacial score (nSPS) is 12.1. The van der Waals surface area contributed by atoms with Crippen LogP contribution in [0.25, 0.3) is 0 Å². The second kappa shape index (κ2) is 6.16. The van der Waals surface area contributed by atoms with E-state index in [1.54, 1.807) is 12.1 Å². The van der Waals surface area contributed by atoms with E-state index in [0.717, 1.165) is 5.56 Å². The van der Waals surface area contributed by atoms with Crippen LogP contribution in [0.5, 0.6) is 0 Å². The van der Waals surface area contributed by atoms with Gasteiger partial charge in [-0.3, -0.25) is 15.0 Å². The Kier molecular flexibility index (Phi) is 4.85. The van der Waals surface area contributed by atoms with Gasteiger partial charge >= 0.3 is 0 Å². The molecular formula is C13H19N3O2. The van der Waals surface area contributed by atoms with Crippen LogP contribution in [0.1, 0.15) is 29.8 Å². The minimum absolute atomic E-state index is 0.0403. The van der Waals surface area contributed by atoms with E-state index in [9.17, 15) is 9.59 Å². The molecule has 1 aromatic carbocycles. The standard InChI is InChI=1S/C13H19N3O2/c1-8(2)11(13(18)16-14)15-12(17)10-7-5-4-6-9(10)3/h4-8,11H,14H2,1-3H3,(H,15,17)(H,16,18)/t11-/m1/s1. The fourth-order valence-corrected chi connectivity index (χ4v) is 1.67. The van der Waals surface area contributed by atoms with Gasteiger partial charge in [0.15, 0.2) is 0 Å². The van der Waals surface area contributed by atoms with Gasteiger partial charge in [-0.05, 0) is 24.5 Å². The number of amides is 2. The minimum atomic E-state index is -0.637. The number of benzene rings is 1. The number of nitrogens with two attached hydrogens (primary N) is 1. The van der Waals surface area contributed by atoms with Crippen molar-refractivity contribution in [2.75, 3.05) is 0 Å². The molecule has 5 heteroatoms. The lowest BCUT2D eigenvalue weighted by Crippen LogP contribution is -2.51. The quantitative estimate of drug-likeness (QED) is 0.418. The molecule has 0 spiro atoms. The van der Waals surface area contributed by atoms with Crippen LogP contribution in [-0.2, 0) is 4.79 Å². The van der Waals surface area contributed by atoms with E-state index in [4.69, 9.17) is 5.84 Å². The number of aryl methyl sites for hydroxylation is 1. The third-order valence-corrected chi connectivity index (χ3v) is 2.77.